The summed E-state index contributed by atoms with van der Waals surface area (Å²) < 4.78 is 28.2. The third kappa shape index (κ3) is 4.43. The number of aromatic nitrogens is 2. The summed E-state index contributed by atoms with van der Waals surface area (Å²) in [5, 5.41) is 15.1. The van der Waals surface area contributed by atoms with Crippen molar-refractivity contribution in [3.05, 3.63) is 69.8 Å². The van der Waals surface area contributed by atoms with Gasteiger partial charge in [0, 0.05) is 35.4 Å². The van der Waals surface area contributed by atoms with Gasteiger partial charge in [-0.15, -0.1) is 0 Å². The number of hydrogen-bond acceptors (Lipinski definition) is 5. The van der Waals surface area contributed by atoms with E-state index in [1.807, 2.05) is 0 Å². The molecule has 3 aromatic rings. The molecule has 0 aliphatic carbocycles. The zero-order valence-electron chi connectivity index (χ0n) is 14.9. The molecule has 0 saturated carbocycles. The van der Waals surface area contributed by atoms with Crippen molar-refractivity contribution in [1.29, 1.82) is 5.26 Å². The standard InChI is InChI=1S/C20H16BrF2N5/c1-25-18-8-12(2-3-13(18)11-24)20-27-7-5-19(28-20)26-6-4-15-16(22)9-14(21)10-17(15)23/h2-3,5,7-10,25H,4,6H2,1H3,(H,26,27,28). The van der Waals surface area contributed by atoms with Crippen LogP contribution in [0.4, 0.5) is 20.3 Å². The zero-order chi connectivity index (χ0) is 20.1. The van der Waals surface area contributed by atoms with E-state index in [1.54, 1.807) is 37.5 Å². The number of halogens is 3. The molecule has 0 spiro atoms. The van der Waals surface area contributed by atoms with Gasteiger partial charge in [0.1, 0.15) is 23.5 Å². The Hall–Kier alpha value is -3.05. The van der Waals surface area contributed by atoms with E-state index in [1.165, 1.54) is 12.1 Å². The normalized spacial score (nSPS) is 10.4. The lowest BCUT2D eigenvalue weighted by atomic mass is 10.1. The third-order valence-electron chi connectivity index (χ3n) is 4.11. The Labute approximate surface area is 169 Å². The average Bonchev–Trinajstić information content (AvgIpc) is 2.69. The second-order valence-corrected chi connectivity index (χ2v) is 6.83. The minimum Gasteiger partial charge on any atom is -0.387 e. The molecule has 5 nitrogen and oxygen atoms in total. The SMILES string of the molecule is CNc1cc(-c2nccc(NCCc3c(F)cc(Br)cc3F)n2)ccc1C#N. The van der Waals surface area contributed by atoms with E-state index in [4.69, 9.17) is 5.26 Å². The van der Waals surface area contributed by atoms with Gasteiger partial charge in [-0.3, -0.25) is 0 Å². The highest BCUT2D eigenvalue weighted by Gasteiger charge is 2.11. The van der Waals surface area contributed by atoms with E-state index < -0.39 is 11.6 Å². The van der Waals surface area contributed by atoms with Gasteiger partial charge in [-0.05, 0) is 42.8 Å². The van der Waals surface area contributed by atoms with Gasteiger partial charge in [-0.2, -0.15) is 5.26 Å². The van der Waals surface area contributed by atoms with Crippen molar-refractivity contribution in [2.45, 2.75) is 6.42 Å². The van der Waals surface area contributed by atoms with Gasteiger partial charge in [0.15, 0.2) is 5.82 Å². The molecule has 142 valence electrons. The first-order valence-electron chi connectivity index (χ1n) is 8.44. The van der Waals surface area contributed by atoms with Crippen molar-refractivity contribution >= 4 is 27.4 Å². The molecular weight excluding hydrogens is 428 g/mol. The lowest BCUT2D eigenvalue weighted by molar-refractivity contribution is 0.555. The topological polar surface area (TPSA) is 73.6 Å². The molecule has 2 N–H and O–H groups in total. The first-order chi connectivity index (χ1) is 13.5. The lowest BCUT2D eigenvalue weighted by Gasteiger charge is -2.10. The van der Waals surface area contributed by atoms with Gasteiger partial charge >= 0.3 is 0 Å². The second-order valence-electron chi connectivity index (χ2n) is 5.91. The van der Waals surface area contributed by atoms with Crippen LogP contribution in [0, 0.1) is 23.0 Å². The molecule has 0 fully saturated rings. The molecule has 8 heteroatoms. The summed E-state index contributed by atoms with van der Waals surface area (Å²) >= 11 is 3.07. The quantitative estimate of drug-likeness (QED) is 0.574. The Morgan fingerprint density at radius 2 is 1.89 bits per heavy atom. The van der Waals surface area contributed by atoms with E-state index in [0.717, 1.165) is 5.56 Å². The van der Waals surface area contributed by atoms with Crippen molar-refractivity contribution in [2.24, 2.45) is 0 Å². The predicted molar refractivity (Wildman–Crippen MR) is 108 cm³/mol. The fourth-order valence-corrected chi connectivity index (χ4v) is 3.11. The Morgan fingerprint density at radius 3 is 2.57 bits per heavy atom. The highest BCUT2D eigenvalue weighted by molar-refractivity contribution is 9.10. The van der Waals surface area contributed by atoms with Crippen LogP contribution in [-0.4, -0.2) is 23.6 Å². The molecule has 1 aromatic heterocycles. The first-order valence-corrected chi connectivity index (χ1v) is 9.23. The van der Waals surface area contributed by atoms with Crippen LogP contribution >= 0.6 is 15.9 Å². The van der Waals surface area contributed by atoms with Gasteiger partial charge in [0.2, 0.25) is 0 Å². The Balaban J connectivity index is 1.73. The number of nitrogens with zero attached hydrogens (tertiary/aromatic N) is 3. The molecule has 0 saturated heterocycles. The Kier molecular flexibility index (Phi) is 6.16. The van der Waals surface area contributed by atoms with Crippen molar-refractivity contribution in [2.75, 3.05) is 24.2 Å². The molecule has 2 aromatic carbocycles. The van der Waals surface area contributed by atoms with E-state index in [2.05, 4.69) is 42.6 Å². The maximum absolute atomic E-state index is 13.9. The molecule has 1 heterocycles. The monoisotopic (exact) mass is 443 g/mol. The van der Waals surface area contributed by atoms with Crippen LogP contribution in [0.3, 0.4) is 0 Å². The van der Waals surface area contributed by atoms with Crippen LogP contribution in [0.15, 0.2) is 47.1 Å². The van der Waals surface area contributed by atoms with Crippen molar-refractivity contribution in [3.8, 4) is 17.5 Å². The maximum atomic E-state index is 13.9. The number of anilines is 2. The molecule has 0 aliphatic rings. The fraction of sp³-hybridized carbons (Fsp3) is 0.150. The number of nitrogens with one attached hydrogen (secondary N) is 2. The third-order valence-corrected chi connectivity index (χ3v) is 4.57. The van der Waals surface area contributed by atoms with E-state index in [0.29, 0.717) is 33.9 Å². The summed E-state index contributed by atoms with van der Waals surface area (Å²) in [6.07, 6.45) is 1.77. The van der Waals surface area contributed by atoms with Crippen LogP contribution in [0.2, 0.25) is 0 Å². The molecule has 3 rings (SSSR count). The minimum absolute atomic E-state index is 0.0238. The molecule has 0 radical (unpaired) electrons. The van der Waals surface area contributed by atoms with Crippen molar-refractivity contribution in [3.63, 3.8) is 0 Å². The summed E-state index contributed by atoms with van der Waals surface area (Å²) in [5.74, 6) is -0.159. The summed E-state index contributed by atoms with van der Waals surface area (Å²) in [4.78, 5) is 8.69. The summed E-state index contributed by atoms with van der Waals surface area (Å²) in [6.45, 7) is 0.307. The Morgan fingerprint density at radius 1 is 1.14 bits per heavy atom. The molecular formula is C20H16BrF2N5. The lowest BCUT2D eigenvalue weighted by Crippen LogP contribution is -2.09. The first kappa shape index (κ1) is 19.7. The van der Waals surface area contributed by atoms with Gasteiger partial charge in [0.05, 0.1) is 11.3 Å². The number of hydrogen-bond donors (Lipinski definition) is 2. The van der Waals surface area contributed by atoms with Gasteiger partial charge < -0.3 is 10.6 Å². The van der Waals surface area contributed by atoms with Crippen molar-refractivity contribution in [1.82, 2.24) is 9.97 Å². The predicted octanol–water partition coefficient (Wildman–Crippen LogP) is 4.75. The van der Waals surface area contributed by atoms with Crippen LogP contribution in [0.25, 0.3) is 11.4 Å². The van der Waals surface area contributed by atoms with Crippen LogP contribution in [0.5, 0.6) is 0 Å². The van der Waals surface area contributed by atoms with E-state index >= 15 is 0 Å². The second kappa shape index (κ2) is 8.76. The van der Waals surface area contributed by atoms with Crippen molar-refractivity contribution < 1.29 is 8.78 Å². The van der Waals surface area contributed by atoms with Crippen LogP contribution < -0.4 is 10.6 Å². The summed E-state index contributed by atoms with van der Waals surface area (Å²) in [7, 11) is 1.74. The van der Waals surface area contributed by atoms with Gasteiger partial charge in [-0.1, -0.05) is 15.9 Å². The van der Waals surface area contributed by atoms with Gasteiger partial charge in [0.25, 0.3) is 0 Å². The van der Waals surface area contributed by atoms with Crippen LogP contribution in [-0.2, 0) is 6.42 Å². The molecule has 0 bridgehead atoms. The largest absolute Gasteiger partial charge is 0.387 e. The van der Waals surface area contributed by atoms with E-state index in [-0.39, 0.29) is 12.0 Å². The molecule has 0 aliphatic heterocycles. The molecule has 28 heavy (non-hydrogen) atoms. The minimum atomic E-state index is -0.589. The number of nitriles is 1. The highest BCUT2D eigenvalue weighted by atomic mass is 79.9. The molecule has 0 atom stereocenters. The maximum Gasteiger partial charge on any atom is 0.161 e. The molecule has 0 unspecified atom stereocenters. The highest BCUT2D eigenvalue weighted by Crippen LogP contribution is 2.24. The van der Waals surface area contributed by atoms with E-state index in [9.17, 15) is 8.78 Å². The summed E-state index contributed by atoms with van der Waals surface area (Å²) in [5.41, 5.74) is 1.98. The average molecular weight is 444 g/mol. The number of benzene rings is 2. The van der Waals surface area contributed by atoms with Gasteiger partial charge in [-0.25, -0.2) is 18.7 Å². The van der Waals surface area contributed by atoms with Crippen LogP contribution in [0.1, 0.15) is 11.1 Å². The fourth-order valence-electron chi connectivity index (χ4n) is 2.71. The molecule has 0 amide bonds. The zero-order valence-corrected chi connectivity index (χ0v) is 16.5. The number of rotatable bonds is 6. The Bertz CT molecular complexity index is 1030. The smallest absolute Gasteiger partial charge is 0.161 e. The summed E-state index contributed by atoms with van der Waals surface area (Å²) in [6, 6.07) is 11.5.